The summed E-state index contributed by atoms with van der Waals surface area (Å²) in [5, 5.41) is 0. The minimum Gasteiger partial charge on any atom is -0.493 e. The van der Waals surface area contributed by atoms with Gasteiger partial charge in [0.2, 0.25) is 0 Å². The maximum absolute atomic E-state index is 5.94. The van der Waals surface area contributed by atoms with Gasteiger partial charge in [-0.15, -0.1) is 0 Å². The monoisotopic (exact) mass is 618 g/mol. The number of ether oxygens (including phenoxy) is 4. The summed E-state index contributed by atoms with van der Waals surface area (Å²) in [5.41, 5.74) is 12.3. The van der Waals surface area contributed by atoms with E-state index in [0.29, 0.717) is 0 Å². The average Bonchev–Trinajstić information content (AvgIpc) is 3.04. The molecule has 0 aliphatic carbocycles. The predicted octanol–water partition coefficient (Wildman–Crippen LogP) is 6.87. The van der Waals surface area contributed by atoms with Crippen LogP contribution >= 0.6 is 0 Å². The predicted molar refractivity (Wildman–Crippen MR) is 183 cm³/mol. The van der Waals surface area contributed by atoms with Gasteiger partial charge in [0.1, 0.15) is 0 Å². The molecule has 0 bridgehead atoms. The van der Waals surface area contributed by atoms with Crippen molar-refractivity contribution in [2.45, 2.75) is 51.6 Å². The number of piperazine rings is 1. The molecule has 0 spiro atoms. The third-order valence-corrected chi connectivity index (χ3v) is 10.7. The number of fused-ring (bicyclic) bond motifs is 6. The number of rotatable bonds is 6. The van der Waals surface area contributed by atoms with Crippen LogP contribution in [0.3, 0.4) is 0 Å². The standard InChI is InChI=1S/C40H46N2O4/c1-25-13-26(2)16-31(15-25)39-23-42-12-10-30-20-36(44-6)38(46-8)22-34(30)40(42,32-17-27(3)14-28(4)18-32)24-41(39)11-9-29-19-35(43-5)37(45-7)21-33(29)39/h13-22H,9-12,23-24H2,1-8H3/t39-,40-/m0/s1. The molecule has 1 saturated heterocycles. The number of benzene rings is 4. The van der Waals surface area contributed by atoms with Gasteiger partial charge in [0.15, 0.2) is 23.0 Å². The van der Waals surface area contributed by atoms with Gasteiger partial charge in [-0.1, -0.05) is 58.7 Å². The summed E-state index contributed by atoms with van der Waals surface area (Å²) in [4.78, 5) is 5.55. The second-order valence-corrected chi connectivity index (χ2v) is 13.5. The van der Waals surface area contributed by atoms with Gasteiger partial charge in [0.25, 0.3) is 0 Å². The first-order chi connectivity index (χ1) is 22.2. The normalized spacial score (nSPS) is 22.3. The third kappa shape index (κ3) is 4.52. The lowest BCUT2D eigenvalue weighted by Crippen LogP contribution is -2.71. The van der Waals surface area contributed by atoms with Crippen LogP contribution < -0.4 is 18.9 Å². The van der Waals surface area contributed by atoms with Crippen LogP contribution in [0.4, 0.5) is 0 Å². The summed E-state index contributed by atoms with van der Waals surface area (Å²) in [7, 11) is 6.94. The number of hydrogen-bond acceptors (Lipinski definition) is 6. The first-order valence-electron chi connectivity index (χ1n) is 16.3. The van der Waals surface area contributed by atoms with Crippen LogP contribution in [0.25, 0.3) is 0 Å². The van der Waals surface area contributed by atoms with Crippen molar-refractivity contribution in [3.05, 3.63) is 116 Å². The van der Waals surface area contributed by atoms with Crippen molar-refractivity contribution in [2.75, 3.05) is 54.6 Å². The quantitative estimate of drug-likeness (QED) is 0.235. The van der Waals surface area contributed by atoms with E-state index in [1.165, 1.54) is 55.6 Å². The highest BCUT2D eigenvalue weighted by atomic mass is 16.5. The maximum atomic E-state index is 5.94. The zero-order valence-electron chi connectivity index (χ0n) is 28.5. The second-order valence-electron chi connectivity index (χ2n) is 13.5. The molecule has 0 N–H and O–H groups in total. The molecule has 4 aromatic rings. The van der Waals surface area contributed by atoms with Crippen molar-refractivity contribution >= 4 is 0 Å². The van der Waals surface area contributed by atoms with Crippen molar-refractivity contribution in [3.63, 3.8) is 0 Å². The first kappa shape index (κ1) is 30.6. The number of aryl methyl sites for hydroxylation is 4. The Morgan fingerprint density at radius 2 is 0.783 bits per heavy atom. The topological polar surface area (TPSA) is 43.4 Å². The molecule has 3 aliphatic rings. The Morgan fingerprint density at radius 1 is 0.457 bits per heavy atom. The Balaban J connectivity index is 1.52. The van der Waals surface area contributed by atoms with E-state index in [1.54, 1.807) is 28.4 Å². The lowest BCUT2D eigenvalue weighted by Gasteiger charge is -2.63. The van der Waals surface area contributed by atoms with Crippen molar-refractivity contribution in [1.29, 1.82) is 0 Å². The largest absolute Gasteiger partial charge is 0.493 e. The zero-order chi connectivity index (χ0) is 32.4. The molecule has 3 heterocycles. The maximum Gasteiger partial charge on any atom is 0.161 e. The van der Waals surface area contributed by atoms with Crippen molar-refractivity contribution in [1.82, 2.24) is 9.80 Å². The van der Waals surface area contributed by atoms with Crippen LogP contribution in [0, 0.1) is 27.7 Å². The molecule has 46 heavy (non-hydrogen) atoms. The Morgan fingerprint density at radius 3 is 1.11 bits per heavy atom. The summed E-state index contributed by atoms with van der Waals surface area (Å²) < 4.78 is 23.5. The van der Waals surface area contributed by atoms with E-state index >= 15 is 0 Å². The molecule has 0 unspecified atom stereocenters. The summed E-state index contributed by atoms with van der Waals surface area (Å²) in [5.74, 6) is 3.13. The average molecular weight is 619 g/mol. The highest BCUT2D eigenvalue weighted by Gasteiger charge is 2.58. The Bertz CT molecular complexity index is 1660. The molecule has 6 heteroatoms. The van der Waals surface area contributed by atoms with Gasteiger partial charge in [-0.3, -0.25) is 9.80 Å². The Hall–Kier alpha value is -4.00. The second kappa shape index (κ2) is 11.4. The van der Waals surface area contributed by atoms with Crippen molar-refractivity contribution in [3.8, 4) is 23.0 Å². The molecule has 6 nitrogen and oxygen atoms in total. The molecule has 240 valence electrons. The lowest BCUT2D eigenvalue weighted by molar-refractivity contribution is -0.0673. The van der Waals surface area contributed by atoms with Crippen LogP contribution in [0.2, 0.25) is 0 Å². The minimum absolute atomic E-state index is 0.375. The SMILES string of the molecule is COc1cc2c(cc1OC)[C@@]1(c3cc(C)cc(C)c3)CN3CCc4cc(OC)c(OC)cc4[C@@]3(c3cc(C)cc(C)c3)CN1CC2. The van der Waals surface area contributed by atoms with E-state index in [4.69, 9.17) is 18.9 Å². The number of hydrogen-bond donors (Lipinski definition) is 0. The van der Waals surface area contributed by atoms with Gasteiger partial charge >= 0.3 is 0 Å². The summed E-state index contributed by atoms with van der Waals surface area (Å²) >= 11 is 0. The molecule has 0 radical (unpaired) electrons. The van der Waals surface area contributed by atoms with E-state index in [1.807, 2.05) is 0 Å². The smallest absolute Gasteiger partial charge is 0.161 e. The molecule has 0 aromatic heterocycles. The fourth-order valence-corrected chi connectivity index (χ4v) is 8.90. The highest BCUT2D eigenvalue weighted by molar-refractivity contribution is 5.59. The molecule has 2 atom stereocenters. The Kier molecular flexibility index (Phi) is 7.57. The van der Waals surface area contributed by atoms with Gasteiger partial charge < -0.3 is 18.9 Å². The zero-order valence-corrected chi connectivity index (χ0v) is 28.5. The van der Waals surface area contributed by atoms with E-state index in [9.17, 15) is 0 Å². The van der Waals surface area contributed by atoms with Gasteiger partial charge in [0.05, 0.1) is 39.5 Å². The van der Waals surface area contributed by atoms with Crippen molar-refractivity contribution in [2.24, 2.45) is 0 Å². The molecule has 4 aromatic carbocycles. The Labute approximate surface area is 273 Å². The van der Waals surface area contributed by atoms with E-state index in [-0.39, 0.29) is 11.1 Å². The molecular formula is C40H46N2O4. The number of nitrogens with zero attached hydrogens (tertiary/aromatic N) is 2. The van der Waals surface area contributed by atoms with Crippen LogP contribution in [0.15, 0.2) is 60.7 Å². The van der Waals surface area contributed by atoms with Crippen LogP contribution in [-0.4, -0.2) is 64.4 Å². The highest BCUT2D eigenvalue weighted by Crippen LogP contribution is 2.55. The van der Waals surface area contributed by atoms with Crippen LogP contribution in [0.1, 0.15) is 55.6 Å². The van der Waals surface area contributed by atoms with Gasteiger partial charge in [-0.25, -0.2) is 0 Å². The fraction of sp³-hybridized carbons (Fsp3) is 0.400. The molecule has 3 aliphatic heterocycles. The number of methoxy groups -OCH3 is 4. The molecule has 0 amide bonds. The van der Waals surface area contributed by atoms with E-state index in [2.05, 4.69) is 98.2 Å². The summed E-state index contributed by atoms with van der Waals surface area (Å²) in [6, 6.07) is 23.1. The van der Waals surface area contributed by atoms with Crippen LogP contribution in [0.5, 0.6) is 23.0 Å². The van der Waals surface area contributed by atoms with Gasteiger partial charge in [-0.05, 0) is 98.2 Å². The molecule has 0 saturated carbocycles. The third-order valence-electron chi connectivity index (χ3n) is 10.7. The van der Waals surface area contributed by atoms with Crippen LogP contribution in [-0.2, 0) is 23.9 Å². The first-order valence-corrected chi connectivity index (χ1v) is 16.3. The fourth-order valence-electron chi connectivity index (χ4n) is 8.90. The van der Waals surface area contributed by atoms with Gasteiger partial charge in [-0.2, -0.15) is 0 Å². The summed E-state index contributed by atoms with van der Waals surface area (Å²) in [6.45, 7) is 12.4. The lowest BCUT2D eigenvalue weighted by atomic mass is 9.66. The van der Waals surface area contributed by atoms with Gasteiger partial charge in [0, 0.05) is 26.2 Å². The molecule has 1 fully saturated rings. The van der Waals surface area contributed by atoms with E-state index < -0.39 is 0 Å². The molecular weight excluding hydrogens is 572 g/mol. The molecule has 7 rings (SSSR count). The van der Waals surface area contributed by atoms with Crippen molar-refractivity contribution < 1.29 is 18.9 Å². The van der Waals surface area contributed by atoms with E-state index in [0.717, 1.165) is 62.0 Å². The summed E-state index contributed by atoms with van der Waals surface area (Å²) in [6.07, 6.45) is 1.87. The minimum atomic E-state index is -0.375.